The van der Waals surface area contributed by atoms with E-state index in [0.29, 0.717) is 18.9 Å². The van der Waals surface area contributed by atoms with E-state index in [2.05, 4.69) is 4.72 Å². The number of rotatable bonds is 4. The highest BCUT2D eigenvalue weighted by atomic mass is 32.2. The molecule has 1 fully saturated rings. The molecule has 0 heterocycles. The van der Waals surface area contributed by atoms with E-state index in [-0.39, 0.29) is 12.1 Å². The monoisotopic (exact) mass is 289 g/mol. The van der Waals surface area contributed by atoms with Crippen molar-refractivity contribution in [3.8, 4) is 0 Å². The molecule has 0 saturated heterocycles. The standard InChI is InChI=1S/C10H12FN3O4S/c11-6-1-2-10(9(3-6)14(15)16)19(17,18)13-8-4-7(12)5-8/h1-3,7-8,13H,4-5,12H2. The molecular weight excluding hydrogens is 277 g/mol. The summed E-state index contributed by atoms with van der Waals surface area (Å²) in [6.07, 6.45) is 0.961. The third-order valence-corrected chi connectivity index (χ3v) is 4.47. The molecule has 104 valence electrons. The average molecular weight is 289 g/mol. The van der Waals surface area contributed by atoms with Crippen LogP contribution in [0.5, 0.6) is 0 Å². The maximum Gasteiger partial charge on any atom is 0.292 e. The number of benzene rings is 1. The first-order valence-electron chi connectivity index (χ1n) is 5.51. The van der Waals surface area contributed by atoms with Gasteiger partial charge in [-0.1, -0.05) is 0 Å². The number of sulfonamides is 1. The van der Waals surface area contributed by atoms with Gasteiger partial charge < -0.3 is 5.73 Å². The van der Waals surface area contributed by atoms with Crippen molar-refractivity contribution < 1.29 is 17.7 Å². The van der Waals surface area contributed by atoms with E-state index in [1.54, 1.807) is 0 Å². The average Bonchev–Trinajstić information content (AvgIpc) is 2.26. The zero-order chi connectivity index (χ0) is 14.2. The Kier molecular flexibility index (Phi) is 3.52. The van der Waals surface area contributed by atoms with E-state index in [1.165, 1.54) is 0 Å². The van der Waals surface area contributed by atoms with Crippen molar-refractivity contribution in [2.24, 2.45) is 5.73 Å². The topological polar surface area (TPSA) is 115 Å². The van der Waals surface area contributed by atoms with Crippen molar-refractivity contribution in [1.29, 1.82) is 0 Å². The van der Waals surface area contributed by atoms with E-state index in [1.807, 2.05) is 0 Å². The van der Waals surface area contributed by atoms with Crippen molar-refractivity contribution in [3.05, 3.63) is 34.1 Å². The van der Waals surface area contributed by atoms with Crippen LogP contribution in [0.4, 0.5) is 10.1 Å². The Labute approximate surface area is 108 Å². The predicted molar refractivity (Wildman–Crippen MR) is 64.4 cm³/mol. The summed E-state index contributed by atoms with van der Waals surface area (Å²) in [6.45, 7) is 0. The summed E-state index contributed by atoms with van der Waals surface area (Å²) in [7, 11) is -4.05. The number of nitrogens with one attached hydrogen (secondary N) is 1. The molecule has 0 amide bonds. The number of nitro benzene ring substituents is 1. The zero-order valence-electron chi connectivity index (χ0n) is 9.74. The Balaban J connectivity index is 2.32. The quantitative estimate of drug-likeness (QED) is 0.618. The molecule has 9 heteroatoms. The molecule has 0 atom stereocenters. The summed E-state index contributed by atoms with van der Waals surface area (Å²) in [5.41, 5.74) is 4.75. The molecule has 7 nitrogen and oxygen atoms in total. The predicted octanol–water partition coefficient (Wildman–Crippen LogP) is 0.502. The molecule has 0 aliphatic heterocycles. The SMILES string of the molecule is NC1CC(NS(=O)(=O)c2ccc(F)cc2[N+](=O)[O-])C1. The second-order valence-electron chi connectivity index (χ2n) is 4.42. The largest absolute Gasteiger partial charge is 0.328 e. The second kappa shape index (κ2) is 4.83. The minimum Gasteiger partial charge on any atom is -0.328 e. The summed E-state index contributed by atoms with van der Waals surface area (Å²) in [4.78, 5) is 9.30. The van der Waals surface area contributed by atoms with Gasteiger partial charge in [0.15, 0.2) is 4.90 Å². The minimum atomic E-state index is -4.05. The third kappa shape index (κ3) is 2.88. The van der Waals surface area contributed by atoms with Crippen molar-refractivity contribution in [1.82, 2.24) is 4.72 Å². The number of nitrogens with zero attached hydrogens (tertiary/aromatic N) is 1. The van der Waals surface area contributed by atoms with Crippen LogP contribution in [0, 0.1) is 15.9 Å². The summed E-state index contributed by atoms with van der Waals surface area (Å²) >= 11 is 0. The fraction of sp³-hybridized carbons (Fsp3) is 0.400. The molecule has 0 radical (unpaired) electrons. The highest BCUT2D eigenvalue weighted by Crippen LogP contribution is 2.26. The fourth-order valence-electron chi connectivity index (χ4n) is 1.90. The lowest BCUT2D eigenvalue weighted by molar-refractivity contribution is -0.388. The lowest BCUT2D eigenvalue weighted by Gasteiger charge is -2.32. The Morgan fingerprint density at radius 3 is 2.58 bits per heavy atom. The molecule has 1 aliphatic rings. The van der Waals surface area contributed by atoms with E-state index in [0.717, 1.165) is 12.1 Å². The van der Waals surface area contributed by atoms with Gasteiger partial charge in [0.25, 0.3) is 5.69 Å². The van der Waals surface area contributed by atoms with Crippen LogP contribution in [0.15, 0.2) is 23.1 Å². The number of hydrogen-bond acceptors (Lipinski definition) is 5. The number of nitro groups is 1. The van der Waals surface area contributed by atoms with E-state index < -0.39 is 31.3 Å². The molecule has 1 aliphatic carbocycles. The Hall–Kier alpha value is -1.58. The van der Waals surface area contributed by atoms with Crippen LogP contribution in [0.3, 0.4) is 0 Å². The first-order valence-corrected chi connectivity index (χ1v) is 7.00. The smallest absolute Gasteiger partial charge is 0.292 e. The van der Waals surface area contributed by atoms with Crippen LogP contribution in [0.2, 0.25) is 0 Å². The van der Waals surface area contributed by atoms with Gasteiger partial charge in [-0.15, -0.1) is 0 Å². The molecule has 1 aromatic rings. The highest BCUT2D eigenvalue weighted by molar-refractivity contribution is 7.89. The van der Waals surface area contributed by atoms with Gasteiger partial charge >= 0.3 is 0 Å². The van der Waals surface area contributed by atoms with Crippen LogP contribution in [0.1, 0.15) is 12.8 Å². The van der Waals surface area contributed by atoms with Crippen molar-refractivity contribution in [2.45, 2.75) is 29.8 Å². The normalized spacial score (nSPS) is 22.8. The van der Waals surface area contributed by atoms with Crippen molar-refractivity contribution in [2.75, 3.05) is 0 Å². The minimum absolute atomic E-state index is 0.0593. The molecule has 0 unspecified atom stereocenters. The van der Waals surface area contributed by atoms with Crippen LogP contribution < -0.4 is 10.5 Å². The number of nitrogens with two attached hydrogens (primary N) is 1. The second-order valence-corrected chi connectivity index (χ2v) is 6.10. The van der Waals surface area contributed by atoms with Gasteiger partial charge in [-0.2, -0.15) is 0 Å². The summed E-state index contributed by atoms with van der Waals surface area (Å²) in [5.74, 6) is -0.865. The first kappa shape index (κ1) is 13.8. The summed E-state index contributed by atoms with van der Waals surface area (Å²) in [5, 5.41) is 10.8. The molecule has 0 bridgehead atoms. The van der Waals surface area contributed by atoms with Gasteiger partial charge in [-0.05, 0) is 25.0 Å². The van der Waals surface area contributed by atoms with Crippen molar-refractivity contribution >= 4 is 15.7 Å². The zero-order valence-corrected chi connectivity index (χ0v) is 10.6. The van der Waals surface area contributed by atoms with Gasteiger partial charge in [0.1, 0.15) is 5.82 Å². The maximum absolute atomic E-state index is 13.0. The van der Waals surface area contributed by atoms with E-state index in [4.69, 9.17) is 5.73 Å². The maximum atomic E-state index is 13.0. The molecule has 19 heavy (non-hydrogen) atoms. The Bertz CT molecular complexity index is 613. The van der Waals surface area contributed by atoms with Gasteiger partial charge in [0.05, 0.1) is 11.0 Å². The van der Waals surface area contributed by atoms with Gasteiger partial charge in [-0.3, -0.25) is 10.1 Å². The number of hydrogen-bond donors (Lipinski definition) is 2. The van der Waals surface area contributed by atoms with Crippen LogP contribution in [-0.2, 0) is 10.0 Å². The highest BCUT2D eigenvalue weighted by Gasteiger charge is 2.33. The molecule has 1 aromatic carbocycles. The fourth-order valence-corrected chi connectivity index (χ4v) is 3.32. The van der Waals surface area contributed by atoms with Gasteiger partial charge in [0, 0.05) is 12.1 Å². The lowest BCUT2D eigenvalue weighted by atomic mass is 9.89. The van der Waals surface area contributed by atoms with E-state index in [9.17, 15) is 22.9 Å². The molecule has 0 aromatic heterocycles. The molecule has 1 saturated carbocycles. The Morgan fingerprint density at radius 2 is 2.05 bits per heavy atom. The molecular formula is C10H12FN3O4S. The van der Waals surface area contributed by atoms with Crippen LogP contribution in [0.25, 0.3) is 0 Å². The van der Waals surface area contributed by atoms with Crippen LogP contribution >= 0.6 is 0 Å². The summed E-state index contributed by atoms with van der Waals surface area (Å²) in [6, 6.07) is 1.95. The lowest BCUT2D eigenvalue weighted by Crippen LogP contribution is -2.50. The number of halogens is 1. The van der Waals surface area contributed by atoms with Crippen molar-refractivity contribution in [3.63, 3.8) is 0 Å². The molecule has 3 N–H and O–H groups in total. The van der Waals surface area contributed by atoms with E-state index >= 15 is 0 Å². The van der Waals surface area contributed by atoms with Gasteiger partial charge in [-0.25, -0.2) is 17.5 Å². The molecule has 0 spiro atoms. The molecule has 2 rings (SSSR count). The van der Waals surface area contributed by atoms with Crippen LogP contribution in [-0.4, -0.2) is 25.4 Å². The summed E-state index contributed by atoms with van der Waals surface area (Å²) < 4.78 is 39.3. The Morgan fingerprint density at radius 1 is 1.42 bits per heavy atom. The third-order valence-electron chi connectivity index (χ3n) is 2.90. The first-order chi connectivity index (χ1) is 8.79. The van der Waals surface area contributed by atoms with Gasteiger partial charge in [0.2, 0.25) is 10.0 Å².